The van der Waals surface area contributed by atoms with Gasteiger partial charge in [0.25, 0.3) is 0 Å². The summed E-state index contributed by atoms with van der Waals surface area (Å²) < 4.78 is 33.9. The van der Waals surface area contributed by atoms with Crippen molar-refractivity contribution in [3.63, 3.8) is 0 Å². The molecule has 0 fully saturated rings. The van der Waals surface area contributed by atoms with Gasteiger partial charge in [-0.2, -0.15) is 4.31 Å². The number of nitrogens with one attached hydrogen (secondary N) is 1. The fraction of sp³-hybridized carbons (Fsp3) is 0.217. The number of fused-ring (bicyclic) bond motifs is 1. The first-order valence-electron chi connectivity index (χ1n) is 9.47. The molecule has 1 aliphatic heterocycles. The molecule has 1 N–H and O–H groups in total. The quantitative estimate of drug-likeness (QED) is 0.684. The van der Waals surface area contributed by atoms with Gasteiger partial charge in [-0.25, -0.2) is 8.42 Å². The highest BCUT2D eigenvalue weighted by molar-refractivity contribution is 7.89. The Balaban J connectivity index is 1.83. The van der Waals surface area contributed by atoms with Crippen molar-refractivity contribution in [3.8, 4) is 5.75 Å². The van der Waals surface area contributed by atoms with E-state index in [4.69, 9.17) is 4.74 Å². The lowest BCUT2D eigenvalue weighted by Crippen LogP contribution is -2.42. The molecule has 0 unspecified atom stereocenters. The average Bonchev–Trinajstić information content (AvgIpc) is 2.72. The molecule has 0 saturated carbocycles. The number of aryl methyl sites for hydroxylation is 2. The van der Waals surface area contributed by atoms with Crippen molar-refractivity contribution in [3.05, 3.63) is 89.0 Å². The smallest absolute Gasteiger partial charge is 0.247 e. The number of nitrogens with zero attached hydrogens (tertiary/aromatic N) is 1. The number of rotatable bonds is 4. The highest BCUT2D eigenvalue weighted by atomic mass is 32.2. The zero-order valence-corrected chi connectivity index (χ0v) is 17.5. The summed E-state index contributed by atoms with van der Waals surface area (Å²) in [5.74, 6) is 0.741. The maximum Gasteiger partial charge on any atom is 0.247 e. The highest BCUT2D eigenvalue weighted by Gasteiger charge is 2.39. The minimum Gasteiger partial charge on any atom is -0.497 e. The Morgan fingerprint density at radius 3 is 2.45 bits per heavy atom. The molecule has 0 spiro atoms. The van der Waals surface area contributed by atoms with E-state index in [1.807, 2.05) is 62.4 Å². The average molecular weight is 409 g/mol. The molecule has 1 atom stereocenters. The number of anilines is 1. The minimum atomic E-state index is -3.68. The molecule has 4 rings (SSSR count). The molecule has 6 heteroatoms. The Morgan fingerprint density at radius 2 is 1.72 bits per heavy atom. The zero-order chi connectivity index (χ0) is 20.6. The van der Waals surface area contributed by atoms with E-state index < -0.39 is 16.2 Å². The van der Waals surface area contributed by atoms with Crippen LogP contribution in [0.25, 0.3) is 0 Å². The normalized spacial score (nSPS) is 18.0. The maximum absolute atomic E-state index is 13.6. The largest absolute Gasteiger partial charge is 0.497 e. The van der Waals surface area contributed by atoms with Gasteiger partial charge in [-0.15, -0.1) is 0 Å². The standard InChI is InChI=1S/C23H24N2O3S/c1-16-8-9-17(2)20(14-16)23-24-21-6-4-5-7-22(21)29(26,27)25(23)15-18-10-12-19(28-3)13-11-18/h4-14,23-24H,15H2,1-3H3/t23-/m1/s1. The van der Waals surface area contributed by atoms with Crippen molar-refractivity contribution in [2.24, 2.45) is 0 Å². The summed E-state index contributed by atoms with van der Waals surface area (Å²) in [5, 5.41) is 3.45. The Labute approximate surface area is 172 Å². The molecule has 150 valence electrons. The molecule has 1 aliphatic rings. The van der Waals surface area contributed by atoms with Crippen molar-refractivity contribution in [2.45, 2.75) is 31.5 Å². The second-order valence-electron chi connectivity index (χ2n) is 7.30. The molecule has 0 aromatic heterocycles. The highest BCUT2D eigenvalue weighted by Crippen LogP contribution is 2.40. The summed E-state index contributed by atoms with van der Waals surface area (Å²) in [4.78, 5) is 0.301. The number of para-hydroxylation sites is 1. The van der Waals surface area contributed by atoms with E-state index in [1.54, 1.807) is 23.5 Å². The minimum absolute atomic E-state index is 0.256. The van der Waals surface area contributed by atoms with E-state index in [0.29, 0.717) is 10.6 Å². The number of benzene rings is 3. The zero-order valence-electron chi connectivity index (χ0n) is 16.7. The Bertz CT molecular complexity index is 1140. The van der Waals surface area contributed by atoms with Crippen LogP contribution in [-0.4, -0.2) is 19.8 Å². The lowest BCUT2D eigenvalue weighted by molar-refractivity contribution is 0.335. The van der Waals surface area contributed by atoms with Crippen LogP contribution in [0.2, 0.25) is 0 Å². The Morgan fingerprint density at radius 1 is 1.00 bits per heavy atom. The number of sulfonamides is 1. The molecular formula is C23H24N2O3S. The van der Waals surface area contributed by atoms with E-state index in [2.05, 4.69) is 11.4 Å². The van der Waals surface area contributed by atoms with E-state index in [0.717, 1.165) is 28.0 Å². The molecule has 0 radical (unpaired) electrons. The SMILES string of the molecule is COc1ccc(CN2[C@H](c3cc(C)ccc3C)Nc3ccccc3S2(=O)=O)cc1. The van der Waals surface area contributed by atoms with Crippen molar-refractivity contribution in [1.29, 1.82) is 0 Å². The van der Waals surface area contributed by atoms with Gasteiger partial charge in [0.1, 0.15) is 16.8 Å². The van der Waals surface area contributed by atoms with E-state index in [1.165, 1.54) is 0 Å². The summed E-state index contributed by atoms with van der Waals surface area (Å²) >= 11 is 0. The molecule has 5 nitrogen and oxygen atoms in total. The van der Waals surface area contributed by atoms with E-state index >= 15 is 0 Å². The van der Waals surface area contributed by atoms with Crippen LogP contribution < -0.4 is 10.1 Å². The first kappa shape index (κ1) is 19.5. The molecule has 0 saturated heterocycles. The lowest BCUT2D eigenvalue weighted by atomic mass is 10.0. The third-order valence-corrected chi connectivity index (χ3v) is 7.15. The van der Waals surface area contributed by atoms with Gasteiger partial charge in [-0.3, -0.25) is 0 Å². The molecule has 0 amide bonds. The van der Waals surface area contributed by atoms with Crippen LogP contribution in [0.5, 0.6) is 5.75 Å². The molecule has 1 heterocycles. The van der Waals surface area contributed by atoms with Crippen LogP contribution in [0.15, 0.2) is 71.6 Å². The number of methoxy groups -OCH3 is 1. The molecule has 0 bridgehead atoms. The number of ether oxygens (including phenoxy) is 1. The van der Waals surface area contributed by atoms with Gasteiger partial charge < -0.3 is 10.1 Å². The monoisotopic (exact) mass is 408 g/mol. The Kier molecular flexibility index (Phi) is 5.06. The van der Waals surface area contributed by atoms with Gasteiger partial charge >= 0.3 is 0 Å². The predicted molar refractivity (Wildman–Crippen MR) is 114 cm³/mol. The third-order valence-electron chi connectivity index (χ3n) is 5.28. The van der Waals surface area contributed by atoms with Crippen LogP contribution in [0.3, 0.4) is 0 Å². The van der Waals surface area contributed by atoms with Gasteiger partial charge in [0, 0.05) is 6.54 Å². The first-order chi connectivity index (χ1) is 13.9. The summed E-state index contributed by atoms with van der Waals surface area (Å²) in [6.45, 7) is 4.28. The summed E-state index contributed by atoms with van der Waals surface area (Å²) in [7, 11) is -2.07. The predicted octanol–water partition coefficient (Wildman–Crippen LogP) is 4.63. The van der Waals surface area contributed by atoms with Gasteiger partial charge in [0.05, 0.1) is 12.8 Å². The third kappa shape index (κ3) is 3.61. The van der Waals surface area contributed by atoms with Crippen LogP contribution >= 0.6 is 0 Å². The summed E-state index contributed by atoms with van der Waals surface area (Å²) in [6.07, 6.45) is -0.489. The van der Waals surface area contributed by atoms with Crippen molar-refractivity contribution < 1.29 is 13.2 Å². The molecule has 29 heavy (non-hydrogen) atoms. The summed E-state index contributed by atoms with van der Waals surface area (Å²) in [5.41, 5.74) is 4.61. The molecule has 0 aliphatic carbocycles. The first-order valence-corrected chi connectivity index (χ1v) is 10.9. The molecular weight excluding hydrogens is 384 g/mol. The van der Waals surface area contributed by atoms with E-state index in [9.17, 15) is 8.42 Å². The Hall–Kier alpha value is -2.83. The van der Waals surface area contributed by atoms with Crippen LogP contribution in [0, 0.1) is 13.8 Å². The van der Waals surface area contributed by atoms with Crippen LogP contribution in [0.1, 0.15) is 28.4 Å². The van der Waals surface area contributed by atoms with Gasteiger partial charge in [0.2, 0.25) is 10.0 Å². The second kappa shape index (κ2) is 7.54. The topological polar surface area (TPSA) is 58.6 Å². The number of hydrogen-bond acceptors (Lipinski definition) is 4. The van der Waals surface area contributed by atoms with Gasteiger partial charge in [-0.05, 0) is 54.8 Å². The number of hydrogen-bond donors (Lipinski definition) is 1. The van der Waals surface area contributed by atoms with Gasteiger partial charge in [-0.1, -0.05) is 48.0 Å². The maximum atomic E-state index is 13.6. The van der Waals surface area contributed by atoms with Crippen LogP contribution in [-0.2, 0) is 16.6 Å². The van der Waals surface area contributed by atoms with Crippen molar-refractivity contribution >= 4 is 15.7 Å². The molecule has 3 aromatic rings. The fourth-order valence-corrected chi connectivity index (χ4v) is 5.34. The summed E-state index contributed by atoms with van der Waals surface area (Å²) in [6, 6.07) is 20.7. The molecule has 3 aromatic carbocycles. The fourth-order valence-electron chi connectivity index (χ4n) is 3.67. The van der Waals surface area contributed by atoms with Crippen LogP contribution in [0.4, 0.5) is 5.69 Å². The van der Waals surface area contributed by atoms with Crippen molar-refractivity contribution in [2.75, 3.05) is 12.4 Å². The second-order valence-corrected chi connectivity index (χ2v) is 9.16. The van der Waals surface area contributed by atoms with Crippen molar-refractivity contribution in [1.82, 2.24) is 4.31 Å². The van der Waals surface area contributed by atoms with E-state index in [-0.39, 0.29) is 6.54 Å². The van der Waals surface area contributed by atoms with Gasteiger partial charge in [0.15, 0.2) is 0 Å². The lowest BCUT2D eigenvalue weighted by Gasteiger charge is -2.38.